The van der Waals surface area contributed by atoms with Crippen LogP contribution in [0.15, 0.2) is 71.7 Å². The summed E-state index contributed by atoms with van der Waals surface area (Å²) >= 11 is 0. The van der Waals surface area contributed by atoms with Gasteiger partial charge in [0.25, 0.3) is 5.56 Å². The zero-order valence-corrected chi connectivity index (χ0v) is 19.8. The van der Waals surface area contributed by atoms with Crippen LogP contribution in [0.3, 0.4) is 0 Å². The fraction of sp³-hybridized carbons (Fsp3) is 0.321. The van der Waals surface area contributed by atoms with Crippen LogP contribution < -0.4 is 20.9 Å². The van der Waals surface area contributed by atoms with Crippen LogP contribution in [0.25, 0.3) is 10.9 Å². The van der Waals surface area contributed by atoms with Gasteiger partial charge in [-0.25, -0.2) is 4.98 Å². The lowest BCUT2D eigenvalue weighted by molar-refractivity contribution is 0.296. The number of pyridine rings is 1. The molecule has 1 saturated heterocycles. The largest absolute Gasteiger partial charge is 0.486 e. The van der Waals surface area contributed by atoms with Crippen molar-refractivity contribution in [3.63, 3.8) is 0 Å². The Labute approximate surface area is 205 Å². The van der Waals surface area contributed by atoms with E-state index in [0.29, 0.717) is 29.2 Å². The van der Waals surface area contributed by atoms with Crippen molar-refractivity contribution in [3.05, 3.63) is 99.9 Å². The lowest BCUT2D eigenvalue weighted by Crippen LogP contribution is -2.36. The SMILES string of the molecule is O=c1[nH]c(COc2ccc(Cc3ccccc3)cc2)nc2c(CNC[C@@H]3CCCNC3)nccc12. The van der Waals surface area contributed by atoms with E-state index < -0.39 is 0 Å². The molecule has 0 aliphatic carbocycles. The van der Waals surface area contributed by atoms with E-state index in [9.17, 15) is 4.79 Å². The maximum absolute atomic E-state index is 12.7. The molecule has 7 heteroatoms. The van der Waals surface area contributed by atoms with Crippen molar-refractivity contribution in [2.45, 2.75) is 32.4 Å². The molecule has 5 rings (SSSR count). The summed E-state index contributed by atoms with van der Waals surface area (Å²) < 4.78 is 5.93. The molecule has 1 fully saturated rings. The van der Waals surface area contributed by atoms with E-state index >= 15 is 0 Å². The van der Waals surface area contributed by atoms with E-state index in [0.717, 1.165) is 37.5 Å². The number of hydrogen-bond acceptors (Lipinski definition) is 6. The quantitative estimate of drug-likeness (QED) is 0.347. The van der Waals surface area contributed by atoms with Gasteiger partial charge in [-0.1, -0.05) is 42.5 Å². The average molecular weight is 470 g/mol. The van der Waals surface area contributed by atoms with Crippen LogP contribution in [0.1, 0.15) is 35.5 Å². The van der Waals surface area contributed by atoms with Gasteiger partial charge in [0.2, 0.25) is 0 Å². The number of nitrogens with one attached hydrogen (secondary N) is 3. The summed E-state index contributed by atoms with van der Waals surface area (Å²) in [5, 5.41) is 7.49. The van der Waals surface area contributed by atoms with Crippen LogP contribution >= 0.6 is 0 Å². The van der Waals surface area contributed by atoms with Gasteiger partial charge in [-0.3, -0.25) is 9.78 Å². The van der Waals surface area contributed by atoms with Crippen LogP contribution in [0.4, 0.5) is 0 Å². The molecule has 2 aromatic carbocycles. The van der Waals surface area contributed by atoms with Gasteiger partial charge in [0.05, 0.1) is 11.1 Å². The molecule has 7 nitrogen and oxygen atoms in total. The lowest BCUT2D eigenvalue weighted by atomic mass is 10.00. The van der Waals surface area contributed by atoms with E-state index in [1.165, 1.54) is 24.0 Å². The maximum Gasteiger partial charge on any atom is 0.258 e. The molecule has 4 aromatic rings. The topological polar surface area (TPSA) is 91.9 Å². The van der Waals surface area contributed by atoms with Crippen LogP contribution in [-0.4, -0.2) is 34.6 Å². The molecular formula is C28H31N5O2. The number of ether oxygens (including phenoxy) is 1. The van der Waals surface area contributed by atoms with E-state index in [4.69, 9.17) is 9.72 Å². The van der Waals surface area contributed by atoms with E-state index in [2.05, 4.69) is 57.0 Å². The Hall–Kier alpha value is -3.55. The third-order valence-electron chi connectivity index (χ3n) is 6.42. The van der Waals surface area contributed by atoms with Crippen molar-refractivity contribution >= 4 is 10.9 Å². The molecule has 3 heterocycles. The number of aromatic nitrogens is 3. The molecule has 1 aliphatic rings. The highest BCUT2D eigenvalue weighted by Gasteiger charge is 2.14. The molecule has 0 radical (unpaired) electrons. The maximum atomic E-state index is 12.7. The monoisotopic (exact) mass is 469 g/mol. The first-order chi connectivity index (χ1) is 17.2. The molecular weight excluding hydrogens is 438 g/mol. The number of benzene rings is 2. The minimum atomic E-state index is -0.174. The van der Waals surface area contributed by atoms with Crippen LogP contribution in [0.2, 0.25) is 0 Å². The number of nitrogens with zero attached hydrogens (tertiary/aromatic N) is 2. The van der Waals surface area contributed by atoms with Gasteiger partial charge in [-0.05, 0) is 74.1 Å². The van der Waals surface area contributed by atoms with Crippen molar-refractivity contribution in [2.75, 3.05) is 19.6 Å². The number of piperidine rings is 1. The summed E-state index contributed by atoms with van der Waals surface area (Å²) in [7, 11) is 0. The van der Waals surface area contributed by atoms with E-state index in [1.54, 1.807) is 12.3 Å². The third kappa shape index (κ3) is 6.12. The summed E-state index contributed by atoms with van der Waals surface area (Å²) in [4.78, 5) is 24.7. The normalized spacial score (nSPS) is 15.8. The van der Waals surface area contributed by atoms with Crippen molar-refractivity contribution in [2.24, 2.45) is 5.92 Å². The number of rotatable bonds is 9. The summed E-state index contributed by atoms with van der Waals surface area (Å²) in [6.45, 7) is 3.83. The Bertz CT molecular complexity index is 1300. The molecule has 0 unspecified atom stereocenters. The predicted octanol–water partition coefficient (Wildman–Crippen LogP) is 3.58. The number of H-pyrrole nitrogens is 1. The van der Waals surface area contributed by atoms with Gasteiger partial charge >= 0.3 is 0 Å². The van der Waals surface area contributed by atoms with E-state index in [-0.39, 0.29) is 12.2 Å². The minimum Gasteiger partial charge on any atom is -0.486 e. The van der Waals surface area contributed by atoms with Crippen LogP contribution in [0.5, 0.6) is 5.75 Å². The van der Waals surface area contributed by atoms with Crippen molar-refractivity contribution in [3.8, 4) is 5.75 Å². The van der Waals surface area contributed by atoms with E-state index in [1.807, 2.05) is 18.2 Å². The zero-order valence-electron chi connectivity index (χ0n) is 19.8. The molecule has 0 saturated carbocycles. The van der Waals surface area contributed by atoms with Gasteiger partial charge in [-0.2, -0.15) is 0 Å². The predicted molar refractivity (Wildman–Crippen MR) is 137 cm³/mol. The molecule has 3 N–H and O–H groups in total. The Kier molecular flexibility index (Phi) is 7.46. The zero-order chi connectivity index (χ0) is 23.9. The summed E-state index contributed by atoms with van der Waals surface area (Å²) in [6.07, 6.45) is 5.00. The first kappa shape index (κ1) is 23.2. The average Bonchev–Trinajstić information content (AvgIpc) is 2.90. The number of fused-ring (bicyclic) bond motifs is 1. The molecule has 0 spiro atoms. The second-order valence-electron chi connectivity index (χ2n) is 9.10. The Morgan fingerprint density at radius 3 is 2.66 bits per heavy atom. The van der Waals surface area contributed by atoms with Crippen molar-refractivity contribution in [1.82, 2.24) is 25.6 Å². The Balaban J connectivity index is 1.23. The van der Waals surface area contributed by atoms with Gasteiger partial charge in [0.15, 0.2) is 0 Å². The van der Waals surface area contributed by atoms with Gasteiger partial charge in [0.1, 0.15) is 23.7 Å². The fourth-order valence-electron chi connectivity index (χ4n) is 4.54. The highest BCUT2D eigenvalue weighted by molar-refractivity contribution is 5.79. The molecule has 35 heavy (non-hydrogen) atoms. The van der Waals surface area contributed by atoms with Crippen molar-refractivity contribution < 1.29 is 4.74 Å². The highest BCUT2D eigenvalue weighted by Crippen LogP contribution is 2.17. The molecule has 1 atom stereocenters. The molecule has 2 aromatic heterocycles. The van der Waals surface area contributed by atoms with Gasteiger partial charge in [-0.15, -0.1) is 0 Å². The smallest absolute Gasteiger partial charge is 0.258 e. The van der Waals surface area contributed by atoms with Crippen LogP contribution in [-0.2, 0) is 19.6 Å². The van der Waals surface area contributed by atoms with Gasteiger partial charge in [0, 0.05) is 12.7 Å². The molecule has 1 aliphatic heterocycles. The molecule has 0 bridgehead atoms. The lowest BCUT2D eigenvalue weighted by Gasteiger charge is -2.22. The number of hydrogen-bond donors (Lipinski definition) is 3. The second-order valence-corrected chi connectivity index (χ2v) is 9.10. The first-order valence-electron chi connectivity index (χ1n) is 12.3. The summed E-state index contributed by atoms with van der Waals surface area (Å²) in [5.41, 5.74) is 3.72. The number of aromatic amines is 1. The summed E-state index contributed by atoms with van der Waals surface area (Å²) in [6, 6.07) is 20.1. The highest BCUT2D eigenvalue weighted by atomic mass is 16.5. The Morgan fingerprint density at radius 1 is 1.03 bits per heavy atom. The Morgan fingerprint density at radius 2 is 1.86 bits per heavy atom. The third-order valence-corrected chi connectivity index (χ3v) is 6.42. The molecule has 180 valence electrons. The van der Waals surface area contributed by atoms with Gasteiger partial charge < -0.3 is 20.4 Å². The van der Waals surface area contributed by atoms with Crippen LogP contribution in [0, 0.1) is 5.92 Å². The fourth-order valence-corrected chi connectivity index (χ4v) is 4.54. The molecule has 0 amide bonds. The standard InChI is InChI=1S/C28H31N5O2/c34-28-24-12-14-31-25(18-30-17-22-7-4-13-29-16-22)27(24)32-26(33-28)19-35-23-10-8-21(9-11-23)15-20-5-2-1-3-6-20/h1-3,5-6,8-12,14,22,29-30H,4,7,13,15-19H2,(H,32,33,34)/t22-/m1/s1. The summed E-state index contributed by atoms with van der Waals surface area (Å²) in [5.74, 6) is 1.85. The first-order valence-corrected chi connectivity index (χ1v) is 12.3. The minimum absolute atomic E-state index is 0.174. The second kappa shape index (κ2) is 11.3. The van der Waals surface area contributed by atoms with Crippen molar-refractivity contribution in [1.29, 1.82) is 0 Å².